The second-order valence-corrected chi connectivity index (χ2v) is 9.36. The fraction of sp³-hybridized carbons (Fsp3) is 0.333. The SMILES string of the molecule is CC(C)C1CN(C(=O)Nc2ccc(N(C)C)cc2)CCN1/C(=N\C#N)Nc1cccc2ncccc12. The highest BCUT2D eigenvalue weighted by Gasteiger charge is 2.34. The molecule has 1 saturated heterocycles. The summed E-state index contributed by atoms with van der Waals surface area (Å²) in [6.45, 7) is 5.80. The van der Waals surface area contributed by atoms with Crippen LogP contribution in [0.5, 0.6) is 0 Å². The summed E-state index contributed by atoms with van der Waals surface area (Å²) in [5.74, 6) is 0.701. The molecular formula is C27H32N8O. The zero-order valence-corrected chi connectivity index (χ0v) is 21.1. The van der Waals surface area contributed by atoms with Gasteiger partial charge in [-0.2, -0.15) is 5.26 Å². The molecule has 3 aromatic rings. The maximum atomic E-state index is 13.1. The molecule has 9 heteroatoms. The topological polar surface area (TPSA) is 99.9 Å². The second kappa shape index (κ2) is 11.0. The van der Waals surface area contributed by atoms with Gasteiger partial charge in [0.15, 0.2) is 0 Å². The molecule has 2 aromatic carbocycles. The molecule has 1 fully saturated rings. The van der Waals surface area contributed by atoms with Gasteiger partial charge in [0.05, 0.1) is 17.2 Å². The van der Waals surface area contributed by atoms with Crippen LogP contribution in [0.3, 0.4) is 0 Å². The molecule has 0 saturated carbocycles. The quantitative estimate of drug-likeness (QED) is 0.323. The lowest BCUT2D eigenvalue weighted by Gasteiger charge is -2.44. The van der Waals surface area contributed by atoms with Crippen LogP contribution < -0.4 is 15.5 Å². The van der Waals surface area contributed by atoms with Gasteiger partial charge in [-0.25, -0.2) is 4.79 Å². The number of aliphatic imine (C=N–C) groups is 1. The number of fused-ring (bicyclic) bond motifs is 1. The third-order valence-corrected chi connectivity index (χ3v) is 6.43. The zero-order valence-electron chi connectivity index (χ0n) is 21.1. The van der Waals surface area contributed by atoms with Crippen molar-refractivity contribution in [1.29, 1.82) is 5.26 Å². The van der Waals surface area contributed by atoms with Crippen LogP contribution in [0.15, 0.2) is 65.8 Å². The van der Waals surface area contributed by atoms with Crippen molar-refractivity contribution in [3.05, 3.63) is 60.8 Å². The number of hydrogen-bond acceptors (Lipinski definition) is 5. The van der Waals surface area contributed by atoms with Crippen LogP contribution in [0.1, 0.15) is 13.8 Å². The Labute approximate surface area is 212 Å². The van der Waals surface area contributed by atoms with Gasteiger partial charge in [0.25, 0.3) is 0 Å². The molecule has 0 radical (unpaired) electrons. The van der Waals surface area contributed by atoms with E-state index in [1.54, 1.807) is 6.20 Å². The molecule has 1 aromatic heterocycles. The summed E-state index contributed by atoms with van der Waals surface area (Å²) in [5.41, 5.74) is 3.52. The number of urea groups is 1. The van der Waals surface area contributed by atoms with Crippen LogP contribution >= 0.6 is 0 Å². The summed E-state index contributed by atoms with van der Waals surface area (Å²) in [7, 11) is 3.96. The number of piperazine rings is 1. The first-order chi connectivity index (χ1) is 17.4. The normalized spacial score (nSPS) is 16.1. The molecule has 2 amide bonds. The van der Waals surface area contributed by atoms with Crippen LogP contribution in [-0.2, 0) is 0 Å². The van der Waals surface area contributed by atoms with Crippen LogP contribution in [0.25, 0.3) is 10.9 Å². The van der Waals surface area contributed by atoms with Crippen LogP contribution in [0.2, 0.25) is 0 Å². The summed E-state index contributed by atoms with van der Waals surface area (Å²) in [6.07, 6.45) is 3.70. The minimum absolute atomic E-state index is 0.0201. The first-order valence-corrected chi connectivity index (χ1v) is 12.0. The molecule has 1 unspecified atom stereocenters. The van der Waals surface area contributed by atoms with Crippen molar-refractivity contribution in [2.45, 2.75) is 19.9 Å². The number of pyridine rings is 1. The van der Waals surface area contributed by atoms with E-state index < -0.39 is 0 Å². The van der Waals surface area contributed by atoms with Crippen LogP contribution in [0.4, 0.5) is 21.9 Å². The molecular weight excluding hydrogens is 452 g/mol. The van der Waals surface area contributed by atoms with Crippen LogP contribution in [-0.4, -0.2) is 66.5 Å². The fourth-order valence-corrected chi connectivity index (χ4v) is 4.42. The highest BCUT2D eigenvalue weighted by atomic mass is 16.2. The first kappa shape index (κ1) is 24.8. The van der Waals surface area contributed by atoms with Crippen molar-refractivity contribution in [1.82, 2.24) is 14.8 Å². The molecule has 9 nitrogen and oxygen atoms in total. The molecule has 0 spiro atoms. The Hall–Kier alpha value is -4.32. The van der Waals surface area contributed by atoms with Gasteiger partial charge in [0.2, 0.25) is 12.2 Å². The molecule has 1 aliphatic heterocycles. The van der Waals surface area contributed by atoms with E-state index in [0.717, 1.165) is 28.0 Å². The predicted molar refractivity (Wildman–Crippen MR) is 145 cm³/mol. The van der Waals surface area contributed by atoms with E-state index in [0.29, 0.717) is 25.6 Å². The van der Waals surface area contributed by atoms with E-state index in [-0.39, 0.29) is 18.0 Å². The molecule has 0 bridgehead atoms. The van der Waals surface area contributed by atoms with Gasteiger partial charge in [0.1, 0.15) is 0 Å². The van der Waals surface area contributed by atoms with Gasteiger partial charge in [-0.05, 0) is 54.4 Å². The summed E-state index contributed by atoms with van der Waals surface area (Å²) in [6, 6.07) is 17.3. The van der Waals surface area contributed by atoms with E-state index in [1.807, 2.05) is 84.7 Å². The lowest BCUT2D eigenvalue weighted by Crippen LogP contribution is -2.60. The Morgan fingerprint density at radius 3 is 2.58 bits per heavy atom. The van der Waals surface area contributed by atoms with Crippen molar-refractivity contribution in [2.24, 2.45) is 10.9 Å². The Kier molecular flexibility index (Phi) is 7.54. The summed E-state index contributed by atoms with van der Waals surface area (Å²) in [5, 5.41) is 16.8. The third kappa shape index (κ3) is 5.49. The molecule has 1 atom stereocenters. The lowest BCUT2D eigenvalue weighted by atomic mass is 10.00. The highest BCUT2D eigenvalue weighted by molar-refractivity contribution is 6.02. The van der Waals surface area contributed by atoms with Gasteiger partial charge in [-0.1, -0.05) is 19.9 Å². The van der Waals surface area contributed by atoms with Gasteiger partial charge < -0.3 is 25.3 Å². The molecule has 2 heterocycles. The largest absolute Gasteiger partial charge is 0.378 e. The molecule has 0 aliphatic carbocycles. The smallest absolute Gasteiger partial charge is 0.321 e. The van der Waals surface area contributed by atoms with Crippen molar-refractivity contribution >= 4 is 40.0 Å². The molecule has 2 N–H and O–H groups in total. The van der Waals surface area contributed by atoms with Gasteiger partial charge in [0, 0.05) is 56.7 Å². The second-order valence-electron chi connectivity index (χ2n) is 9.36. The predicted octanol–water partition coefficient (Wildman–Crippen LogP) is 4.42. The number of carbonyl (C=O) groups excluding carboxylic acids is 1. The Morgan fingerprint density at radius 2 is 1.89 bits per heavy atom. The molecule has 1 aliphatic rings. The first-order valence-electron chi connectivity index (χ1n) is 12.0. The number of nitrogens with one attached hydrogen (secondary N) is 2. The number of nitrogens with zero attached hydrogens (tertiary/aromatic N) is 6. The van der Waals surface area contributed by atoms with Crippen molar-refractivity contribution < 1.29 is 4.79 Å². The van der Waals surface area contributed by atoms with Crippen molar-refractivity contribution in [2.75, 3.05) is 49.3 Å². The molecule has 4 rings (SSSR count). The van der Waals surface area contributed by atoms with E-state index >= 15 is 0 Å². The number of anilines is 3. The number of rotatable bonds is 4. The number of amides is 2. The average Bonchev–Trinajstić information content (AvgIpc) is 2.88. The zero-order chi connectivity index (χ0) is 25.7. The minimum Gasteiger partial charge on any atom is -0.378 e. The number of nitriles is 1. The van der Waals surface area contributed by atoms with Crippen molar-refractivity contribution in [3.63, 3.8) is 0 Å². The minimum atomic E-state index is -0.134. The molecule has 36 heavy (non-hydrogen) atoms. The van der Waals surface area contributed by atoms with Gasteiger partial charge in [-0.3, -0.25) is 4.98 Å². The number of guanidine groups is 1. The fourth-order valence-electron chi connectivity index (χ4n) is 4.42. The highest BCUT2D eigenvalue weighted by Crippen LogP contribution is 2.24. The van der Waals surface area contributed by atoms with E-state index in [2.05, 4.69) is 39.4 Å². The van der Waals surface area contributed by atoms with Gasteiger partial charge in [-0.15, -0.1) is 4.99 Å². The number of carbonyl (C=O) groups is 1. The number of hydrogen-bond donors (Lipinski definition) is 2. The number of benzene rings is 2. The number of aromatic nitrogens is 1. The lowest BCUT2D eigenvalue weighted by molar-refractivity contribution is 0.120. The molecule has 186 valence electrons. The van der Waals surface area contributed by atoms with E-state index in [1.165, 1.54) is 0 Å². The average molecular weight is 485 g/mol. The maximum Gasteiger partial charge on any atom is 0.321 e. The Morgan fingerprint density at radius 1 is 1.11 bits per heavy atom. The monoisotopic (exact) mass is 484 g/mol. The summed E-state index contributed by atoms with van der Waals surface area (Å²) in [4.78, 5) is 27.6. The standard InChI is InChI=1S/C27H32N8O/c1-19(2)25-17-34(27(36)31-20-10-12-21(13-11-20)33(3)4)15-16-35(25)26(30-18-28)32-24-9-5-8-23-22(24)7-6-14-29-23/h5-14,19,25H,15-17H2,1-4H3,(H,30,32)(H,31,36). The van der Waals surface area contributed by atoms with E-state index in [4.69, 9.17) is 0 Å². The van der Waals surface area contributed by atoms with E-state index in [9.17, 15) is 10.1 Å². The maximum absolute atomic E-state index is 13.1. The third-order valence-electron chi connectivity index (χ3n) is 6.43. The van der Waals surface area contributed by atoms with Crippen LogP contribution in [0, 0.1) is 17.4 Å². The Balaban J connectivity index is 1.50. The summed E-state index contributed by atoms with van der Waals surface area (Å²) >= 11 is 0. The van der Waals surface area contributed by atoms with Gasteiger partial charge >= 0.3 is 6.03 Å². The summed E-state index contributed by atoms with van der Waals surface area (Å²) < 4.78 is 0. The Bertz CT molecular complexity index is 1270. The van der Waals surface area contributed by atoms with Crippen molar-refractivity contribution in [3.8, 4) is 6.19 Å².